The zero-order valence-electron chi connectivity index (χ0n) is 16.0. The van der Waals surface area contributed by atoms with Crippen molar-refractivity contribution in [3.63, 3.8) is 0 Å². The number of halogens is 2. The SMILES string of the molecule is COc1ccc(-c2nc(SCC(=O)Nc3ccccc3SC(F)F)n[nH]2)c(OC)c1. The molecule has 0 saturated heterocycles. The van der Waals surface area contributed by atoms with Crippen LogP contribution in [0.5, 0.6) is 11.5 Å². The normalized spacial score (nSPS) is 10.8. The standard InChI is InChI=1S/C19H18F2N4O3S2/c1-27-11-7-8-12(14(9-11)28-2)17-23-19(25-24-17)29-10-16(26)22-13-5-3-4-6-15(13)30-18(20)21/h3-9,18H,10H2,1-2H3,(H,22,26)(H,23,24,25). The van der Waals surface area contributed by atoms with Gasteiger partial charge in [0.15, 0.2) is 5.82 Å². The van der Waals surface area contributed by atoms with E-state index < -0.39 is 5.76 Å². The number of nitrogens with one attached hydrogen (secondary N) is 2. The van der Waals surface area contributed by atoms with E-state index in [9.17, 15) is 13.6 Å². The molecule has 0 aliphatic heterocycles. The van der Waals surface area contributed by atoms with Crippen LogP contribution in [0.15, 0.2) is 52.5 Å². The summed E-state index contributed by atoms with van der Waals surface area (Å²) in [6.45, 7) is 0. The molecule has 0 unspecified atom stereocenters. The summed E-state index contributed by atoms with van der Waals surface area (Å²) in [6, 6.07) is 11.7. The minimum atomic E-state index is -2.57. The molecule has 2 N–H and O–H groups in total. The molecule has 0 saturated carbocycles. The first-order valence-corrected chi connectivity index (χ1v) is 10.5. The number of carbonyl (C=O) groups excluding carboxylic acids is 1. The average Bonchev–Trinajstić information content (AvgIpc) is 3.21. The van der Waals surface area contributed by atoms with Crippen molar-refractivity contribution >= 4 is 35.1 Å². The molecule has 0 bridgehead atoms. The molecule has 158 valence electrons. The zero-order chi connectivity index (χ0) is 21.5. The lowest BCUT2D eigenvalue weighted by molar-refractivity contribution is -0.113. The fraction of sp³-hybridized carbons (Fsp3) is 0.211. The van der Waals surface area contributed by atoms with Crippen molar-refractivity contribution in [1.82, 2.24) is 15.2 Å². The number of aromatic nitrogens is 3. The maximum atomic E-state index is 12.7. The number of carbonyl (C=O) groups is 1. The Labute approximate surface area is 180 Å². The summed E-state index contributed by atoms with van der Waals surface area (Å²) < 4.78 is 35.9. The molecule has 0 atom stereocenters. The van der Waals surface area contributed by atoms with E-state index in [1.54, 1.807) is 50.6 Å². The van der Waals surface area contributed by atoms with E-state index in [2.05, 4.69) is 20.5 Å². The minimum absolute atomic E-state index is 0.0186. The molecule has 11 heteroatoms. The number of H-pyrrole nitrogens is 1. The third-order valence-corrected chi connectivity index (χ3v) is 5.47. The van der Waals surface area contributed by atoms with Crippen molar-refractivity contribution < 1.29 is 23.0 Å². The van der Waals surface area contributed by atoms with Crippen LogP contribution in [0.2, 0.25) is 0 Å². The maximum Gasteiger partial charge on any atom is 0.288 e. The molecule has 0 spiro atoms. The number of hydrogen-bond acceptors (Lipinski definition) is 7. The number of alkyl halides is 2. The number of nitrogens with zero attached hydrogens (tertiary/aromatic N) is 2. The second-order valence-electron chi connectivity index (χ2n) is 5.74. The van der Waals surface area contributed by atoms with Gasteiger partial charge in [0.1, 0.15) is 11.5 Å². The summed E-state index contributed by atoms with van der Waals surface area (Å²) >= 11 is 1.50. The summed E-state index contributed by atoms with van der Waals surface area (Å²) in [4.78, 5) is 16.9. The van der Waals surface area contributed by atoms with E-state index in [0.717, 1.165) is 11.8 Å². The van der Waals surface area contributed by atoms with Crippen LogP contribution in [0, 0.1) is 0 Å². The van der Waals surface area contributed by atoms with Crippen LogP contribution in [0.1, 0.15) is 0 Å². The fourth-order valence-electron chi connectivity index (χ4n) is 2.51. The topological polar surface area (TPSA) is 89.1 Å². The lowest BCUT2D eigenvalue weighted by Crippen LogP contribution is -2.14. The van der Waals surface area contributed by atoms with Gasteiger partial charge >= 0.3 is 0 Å². The number of hydrogen-bond donors (Lipinski definition) is 2. The predicted octanol–water partition coefficient (Wildman–Crippen LogP) is 4.53. The second kappa shape index (κ2) is 10.3. The number of amides is 1. The maximum absolute atomic E-state index is 12.7. The largest absolute Gasteiger partial charge is 0.497 e. The van der Waals surface area contributed by atoms with Gasteiger partial charge in [-0.15, -0.1) is 5.10 Å². The van der Waals surface area contributed by atoms with Crippen molar-refractivity contribution in [3.8, 4) is 22.9 Å². The molecule has 3 rings (SSSR count). The number of rotatable bonds is 9. The minimum Gasteiger partial charge on any atom is -0.497 e. The highest BCUT2D eigenvalue weighted by molar-refractivity contribution is 8.00. The van der Waals surface area contributed by atoms with Crippen LogP contribution in [0.3, 0.4) is 0 Å². The molecule has 2 aromatic carbocycles. The number of thioether (sulfide) groups is 2. The molecule has 0 aliphatic carbocycles. The van der Waals surface area contributed by atoms with Crippen molar-refractivity contribution in [1.29, 1.82) is 0 Å². The monoisotopic (exact) mass is 452 g/mol. The smallest absolute Gasteiger partial charge is 0.288 e. The van der Waals surface area contributed by atoms with Gasteiger partial charge in [-0.2, -0.15) is 8.78 Å². The predicted molar refractivity (Wildman–Crippen MR) is 113 cm³/mol. The summed E-state index contributed by atoms with van der Waals surface area (Å²) in [5.41, 5.74) is 1.03. The van der Waals surface area contributed by atoms with E-state index in [4.69, 9.17) is 9.47 Å². The molecule has 30 heavy (non-hydrogen) atoms. The number of para-hydroxylation sites is 1. The molecule has 0 fully saturated rings. The Balaban J connectivity index is 1.63. The quantitative estimate of drug-likeness (QED) is 0.461. The summed E-state index contributed by atoms with van der Waals surface area (Å²) in [5, 5.41) is 9.93. The molecule has 7 nitrogen and oxygen atoms in total. The van der Waals surface area contributed by atoms with E-state index >= 15 is 0 Å². The van der Waals surface area contributed by atoms with Gasteiger partial charge in [0.05, 0.1) is 31.2 Å². The van der Waals surface area contributed by atoms with Gasteiger partial charge in [-0.05, 0) is 24.3 Å². The first kappa shape index (κ1) is 21.9. The summed E-state index contributed by atoms with van der Waals surface area (Å²) in [6.07, 6.45) is 0. The molecule has 3 aromatic rings. The Bertz CT molecular complexity index is 1020. The fourth-order valence-corrected chi connectivity index (χ4v) is 3.70. The highest BCUT2D eigenvalue weighted by atomic mass is 32.2. The highest BCUT2D eigenvalue weighted by Gasteiger charge is 2.15. The van der Waals surface area contributed by atoms with Gasteiger partial charge < -0.3 is 14.8 Å². The van der Waals surface area contributed by atoms with Gasteiger partial charge in [0, 0.05) is 11.0 Å². The molecular weight excluding hydrogens is 434 g/mol. The number of anilines is 1. The van der Waals surface area contributed by atoms with Gasteiger partial charge in [-0.3, -0.25) is 9.89 Å². The molecule has 1 amide bonds. The molecular formula is C19H18F2N4O3S2. The first-order chi connectivity index (χ1) is 14.5. The highest BCUT2D eigenvalue weighted by Crippen LogP contribution is 2.33. The van der Waals surface area contributed by atoms with Crippen molar-refractivity contribution in [2.45, 2.75) is 15.8 Å². The van der Waals surface area contributed by atoms with Gasteiger partial charge in [-0.1, -0.05) is 35.7 Å². The Morgan fingerprint density at radius 2 is 2.00 bits per heavy atom. The van der Waals surface area contributed by atoms with Crippen molar-refractivity contribution in [2.75, 3.05) is 25.3 Å². The summed E-state index contributed by atoms with van der Waals surface area (Å²) in [7, 11) is 3.10. The third kappa shape index (κ3) is 5.63. The van der Waals surface area contributed by atoms with Crippen LogP contribution in [0.25, 0.3) is 11.4 Å². The molecule has 0 aliphatic rings. The van der Waals surface area contributed by atoms with E-state index in [1.807, 2.05) is 0 Å². The first-order valence-electron chi connectivity index (χ1n) is 8.61. The number of benzene rings is 2. The Morgan fingerprint density at radius 3 is 2.73 bits per heavy atom. The van der Waals surface area contributed by atoms with Crippen LogP contribution >= 0.6 is 23.5 Å². The second-order valence-corrected chi connectivity index (χ2v) is 7.72. The van der Waals surface area contributed by atoms with E-state index in [1.165, 1.54) is 6.07 Å². The number of ether oxygens (including phenoxy) is 2. The average molecular weight is 453 g/mol. The molecule has 1 aromatic heterocycles. The lowest BCUT2D eigenvalue weighted by Gasteiger charge is -2.09. The molecule has 1 heterocycles. The Hall–Kier alpha value is -2.79. The third-order valence-electron chi connectivity index (χ3n) is 3.84. The lowest BCUT2D eigenvalue weighted by atomic mass is 10.2. The van der Waals surface area contributed by atoms with E-state index in [-0.39, 0.29) is 11.7 Å². The van der Waals surface area contributed by atoms with Gasteiger partial charge in [0.25, 0.3) is 5.76 Å². The van der Waals surface area contributed by atoms with Crippen LogP contribution in [-0.2, 0) is 4.79 Å². The number of aromatic amines is 1. The summed E-state index contributed by atoms with van der Waals surface area (Å²) in [5.74, 6) is -1.21. The van der Waals surface area contributed by atoms with Crippen molar-refractivity contribution in [3.05, 3.63) is 42.5 Å². The van der Waals surface area contributed by atoms with Crippen LogP contribution < -0.4 is 14.8 Å². The van der Waals surface area contributed by atoms with Gasteiger partial charge in [0.2, 0.25) is 11.1 Å². The van der Waals surface area contributed by atoms with Crippen molar-refractivity contribution in [2.24, 2.45) is 0 Å². The Kier molecular flexibility index (Phi) is 7.52. The van der Waals surface area contributed by atoms with E-state index in [0.29, 0.717) is 50.4 Å². The van der Waals surface area contributed by atoms with Gasteiger partial charge in [-0.25, -0.2) is 4.98 Å². The van der Waals surface area contributed by atoms with Crippen LogP contribution in [-0.4, -0.2) is 46.8 Å². The molecule has 0 radical (unpaired) electrons. The van der Waals surface area contributed by atoms with Crippen LogP contribution in [0.4, 0.5) is 14.5 Å². The zero-order valence-corrected chi connectivity index (χ0v) is 17.7. The number of methoxy groups -OCH3 is 2. The Morgan fingerprint density at radius 1 is 1.20 bits per heavy atom.